The molecule has 0 heterocycles. The summed E-state index contributed by atoms with van der Waals surface area (Å²) in [5.74, 6) is -0.648. The smallest absolute Gasteiger partial charge is 0.406 e. The van der Waals surface area contributed by atoms with E-state index in [-0.39, 0.29) is 11.6 Å². The van der Waals surface area contributed by atoms with Gasteiger partial charge in [0.15, 0.2) is 0 Å². The number of halogens is 5. The van der Waals surface area contributed by atoms with Crippen LogP contribution >= 0.6 is 15.9 Å². The highest BCUT2D eigenvalue weighted by molar-refractivity contribution is 9.10. The third-order valence-corrected chi connectivity index (χ3v) is 3.21. The number of benzene rings is 2. The van der Waals surface area contributed by atoms with Gasteiger partial charge in [-0.2, -0.15) is 0 Å². The minimum atomic E-state index is -4.71. The molecular weight excluding hydrogens is 340 g/mol. The maximum absolute atomic E-state index is 13.5. The Labute approximate surface area is 121 Å². The predicted molar refractivity (Wildman–Crippen MR) is 71.0 cm³/mol. The van der Waals surface area contributed by atoms with E-state index in [9.17, 15) is 17.6 Å². The number of rotatable bonds is 2. The molecule has 0 bridgehead atoms. The monoisotopic (exact) mass is 348 g/mol. The summed E-state index contributed by atoms with van der Waals surface area (Å²) in [5.41, 5.74) is 1.82. The molecule has 0 radical (unpaired) electrons. The summed E-state index contributed by atoms with van der Waals surface area (Å²) in [6.07, 6.45) is -4.71. The molecule has 0 unspecified atom stereocenters. The van der Waals surface area contributed by atoms with Crippen molar-refractivity contribution in [3.05, 3.63) is 52.3 Å². The fourth-order valence-electron chi connectivity index (χ4n) is 1.74. The second-order valence-electron chi connectivity index (χ2n) is 4.16. The number of hydrogen-bond acceptors (Lipinski definition) is 1. The normalized spacial score (nSPS) is 11.5. The predicted octanol–water partition coefficient (Wildman–Crippen LogP) is 5.46. The minimum Gasteiger partial charge on any atom is -0.406 e. The van der Waals surface area contributed by atoms with Crippen LogP contribution in [-0.4, -0.2) is 6.36 Å². The van der Waals surface area contributed by atoms with E-state index in [4.69, 9.17) is 0 Å². The highest BCUT2D eigenvalue weighted by Crippen LogP contribution is 2.30. The molecule has 20 heavy (non-hydrogen) atoms. The highest BCUT2D eigenvalue weighted by Gasteiger charge is 2.30. The Morgan fingerprint density at radius 2 is 1.60 bits per heavy atom. The van der Waals surface area contributed by atoms with Crippen molar-refractivity contribution in [3.63, 3.8) is 0 Å². The summed E-state index contributed by atoms with van der Waals surface area (Å²) in [7, 11) is 0. The van der Waals surface area contributed by atoms with E-state index in [1.54, 1.807) is 19.1 Å². The summed E-state index contributed by atoms with van der Waals surface area (Å²) < 4.78 is 53.7. The third kappa shape index (κ3) is 3.50. The maximum atomic E-state index is 13.5. The van der Waals surface area contributed by atoms with Gasteiger partial charge in [0.05, 0.1) is 4.47 Å². The Balaban J connectivity index is 2.31. The topological polar surface area (TPSA) is 9.23 Å². The molecule has 0 aliphatic carbocycles. The summed E-state index contributed by atoms with van der Waals surface area (Å²) in [4.78, 5) is 0. The van der Waals surface area contributed by atoms with Crippen LogP contribution in [0.3, 0.4) is 0 Å². The number of aryl methyl sites for hydroxylation is 1. The molecule has 0 aliphatic heterocycles. The molecule has 2 aromatic rings. The van der Waals surface area contributed by atoms with Gasteiger partial charge in [-0.3, -0.25) is 0 Å². The number of hydrogen-bond donors (Lipinski definition) is 0. The van der Waals surface area contributed by atoms with Crippen LogP contribution in [0.5, 0.6) is 5.75 Å². The molecule has 2 aromatic carbocycles. The van der Waals surface area contributed by atoms with Crippen molar-refractivity contribution in [1.29, 1.82) is 0 Å². The van der Waals surface area contributed by atoms with E-state index in [2.05, 4.69) is 20.7 Å². The average molecular weight is 349 g/mol. The first-order valence-electron chi connectivity index (χ1n) is 5.58. The second kappa shape index (κ2) is 5.44. The van der Waals surface area contributed by atoms with Gasteiger partial charge in [-0.1, -0.05) is 12.1 Å². The van der Waals surface area contributed by atoms with Gasteiger partial charge in [0.2, 0.25) is 0 Å². The van der Waals surface area contributed by atoms with E-state index >= 15 is 0 Å². The summed E-state index contributed by atoms with van der Waals surface area (Å²) in [6.45, 7) is 1.62. The summed E-state index contributed by atoms with van der Waals surface area (Å²) >= 11 is 3.10. The Bertz CT molecular complexity index is 597. The van der Waals surface area contributed by atoms with Gasteiger partial charge in [-0.05, 0) is 63.8 Å². The Hall–Kier alpha value is -1.56. The van der Waals surface area contributed by atoms with Crippen molar-refractivity contribution in [2.45, 2.75) is 13.3 Å². The fraction of sp³-hybridized carbons (Fsp3) is 0.143. The van der Waals surface area contributed by atoms with Crippen molar-refractivity contribution in [1.82, 2.24) is 0 Å². The van der Waals surface area contributed by atoms with Crippen molar-refractivity contribution in [2.24, 2.45) is 0 Å². The molecule has 0 N–H and O–H groups in total. The number of ether oxygens (including phenoxy) is 1. The van der Waals surface area contributed by atoms with Crippen molar-refractivity contribution in [3.8, 4) is 16.9 Å². The lowest BCUT2D eigenvalue weighted by atomic mass is 10.0. The summed E-state index contributed by atoms with van der Waals surface area (Å²) in [5, 5.41) is 0. The average Bonchev–Trinajstić information content (AvgIpc) is 2.34. The molecule has 106 valence electrons. The molecule has 2 rings (SSSR count). The van der Waals surface area contributed by atoms with Crippen LogP contribution in [0, 0.1) is 12.7 Å². The Kier molecular flexibility index (Phi) is 4.04. The maximum Gasteiger partial charge on any atom is 0.573 e. The zero-order valence-electron chi connectivity index (χ0n) is 10.3. The van der Waals surface area contributed by atoms with Gasteiger partial charge in [0, 0.05) is 0 Å². The lowest BCUT2D eigenvalue weighted by molar-refractivity contribution is -0.274. The van der Waals surface area contributed by atoms with Gasteiger partial charge in [0.1, 0.15) is 11.6 Å². The van der Waals surface area contributed by atoms with Crippen LogP contribution in [0.15, 0.2) is 40.9 Å². The molecule has 0 saturated carbocycles. The molecule has 0 saturated heterocycles. The van der Waals surface area contributed by atoms with Crippen LogP contribution in [0.1, 0.15) is 5.56 Å². The molecule has 0 aromatic heterocycles. The first kappa shape index (κ1) is 14.8. The molecule has 0 aliphatic rings. The first-order valence-corrected chi connectivity index (χ1v) is 6.37. The van der Waals surface area contributed by atoms with Gasteiger partial charge in [-0.15, -0.1) is 13.2 Å². The molecule has 0 spiro atoms. The van der Waals surface area contributed by atoms with E-state index in [0.29, 0.717) is 21.2 Å². The first-order chi connectivity index (χ1) is 9.26. The fourth-order valence-corrected chi connectivity index (χ4v) is 2.30. The highest BCUT2D eigenvalue weighted by atomic mass is 79.9. The van der Waals surface area contributed by atoms with Crippen LogP contribution in [0.2, 0.25) is 0 Å². The molecule has 0 fully saturated rings. The Morgan fingerprint density at radius 1 is 1.00 bits per heavy atom. The summed E-state index contributed by atoms with van der Waals surface area (Å²) in [6, 6.07) is 8.60. The molecule has 0 atom stereocenters. The molecular formula is C14H9BrF4O. The van der Waals surface area contributed by atoms with Gasteiger partial charge in [0.25, 0.3) is 0 Å². The van der Waals surface area contributed by atoms with E-state index in [0.717, 1.165) is 0 Å². The zero-order valence-corrected chi connectivity index (χ0v) is 11.8. The van der Waals surface area contributed by atoms with E-state index in [1.165, 1.54) is 24.3 Å². The van der Waals surface area contributed by atoms with Gasteiger partial charge >= 0.3 is 6.36 Å². The van der Waals surface area contributed by atoms with Crippen LogP contribution in [-0.2, 0) is 0 Å². The zero-order chi connectivity index (χ0) is 14.9. The lowest BCUT2D eigenvalue weighted by Gasteiger charge is -2.10. The van der Waals surface area contributed by atoms with Crippen LogP contribution in [0.4, 0.5) is 17.6 Å². The van der Waals surface area contributed by atoms with Gasteiger partial charge < -0.3 is 4.74 Å². The number of alkyl halides is 3. The molecule has 1 nitrogen and oxygen atoms in total. The quantitative estimate of drug-likeness (QED) is 0.654. The lowest BCUT2D eigenvalue weighted by Crippen LogP contribution is -2.16. The van der Waals surface area contributed by atoms with Crippen molar-refractivity contribution < 1.29 is 22.3 Å². The van der Waals surface area contributed by atoms with Crippen LogP contribution < -0.4 is 4.74 Å². The van der Waals surface area contributed by atoms with Crippen molar-refractivity contribution >= 4 is 15.9 Å². The standard InChI is InChI=1S/C14H9BrF4O/c1-8-6-10(7-12(15)13(8)16)9-2-4-11(5-3-9)20-14(17,18)19/h2-7H,1H3. The minimum absolute atomic E-state index is 0.292. The van der Waals surface area contributed by atoms with Crippen molar-refractivity contribution in [2.75, 3.05) is 0 Å². The van der Waals surface area contributed by atoms with E-state index in [1.807, 2.05) is 0 Å². The SMILES string of the molecule is Cc1cc(-c2ccc(OC(F)(F)F)cc2)cc(Br)c1F. The van der Waals surface area contributed by atoms with Gasteiger partial charge in [-0.25, -0.2) is 4.39 Å². The largest absolute Gasteiger partial charge is 0.573 e. The Morgan fingerprint density at radius 3 is 2.10 bits per heavy atom. The molecule has 6 heteroatoms. The van der Waals surface area contributed by atoms with Crippen LogP contribution in [0.25, 0.3) is 11.1 Å². The second-order valence-corrected chi connectivity index (χ2v) is 5.02. The van der Waals surface area contributed by atoms with E-state index < -0.39 is 6.36 Å². The third-order valence-electron chi connectivity index (χ3n) is 2.63. The molecule has 0 amide bonds.